The Labute approximate surface area is 129 Å². The molecule has 112 valence electrons. The Morgan fingerprint density at radius 1 is 1.09 bits per heavy atom. The van der Waals surface area contributed by atoms with Crippen LogP contribution in [0.2, 0.25) is 0 Å². The highest BCUT2D eigenvalue weighted by atomic mass is 16.2. The third-order valence-electron chi connectivity index (χ3n) is 3.89. The molecule has 3 rings (SSSR count). The molecule has 2 aromatic carbocycles. The molecule has 0 bridgehead atoms. The number of para-hydroxylation sites is 1. The lowest BCUT2D eigenvalue weighted by Gasteiger charge is -2.18. The van der Waals surface area contributed by atoms with Crippen LogP contribution in [0, 0.1) is 0 Å². The fourth-order valence-corrected chi connectivity index (χ4v) is 2.73. The van der Waals surface area contributed by atoms with Gasteiger partial charge in [-0.2, -0.15) is 0 Å². The maximum atomic E-state index is 12.2. The van der Waals surface area contributed by atoms with Crippen molar-refractivity contribution in [3.05, 3.63) is 59.7 Å². The zero-order chi connectivity index (χ0) is 15.5. The highest BCUT2D eigenvalue weighted by Crippen LogP contribution is 2.26. The Balaban J connectivity index is 1.62. The van der Waals surface area contributed by atoms with Crippen molar-refractivity contribution in [2.45, 2.75) is 13.3 Å². The van der Waals surface area contributed by atoms with Gasteiger partial charge in [0.05, 0.1) is 6.54 Å². The number of hydrogen-bond acceptors (Lipinski definition) is 3. The molecule has 22 heavy (non-hydrogen) atoms. The quantitative estimate of drug-likeness (QED) is 0.882. The summed E-state index contributed by atoms with van der Waals surface area (Å²) in [5, 5.41) is 2.87. The van der Waals surface area contributed by atoms with Crippen molar-refractivity contribution in [2.75, 3.05) is 23.3 Å². The normalized spacial score (nSPS) is 12.9. The number of nitrogens with zero attached hydrogens (tertiary/aromatic N) is 1. The van der Waals surface area contributed by atoms with Crippen molar-refractivity contribution in [1.82, 2.24) is 0 Å². The van der Waals surface area contributed by atoms with E-state index in [0.29, 0.717) is 17.8 Å². The molecule has 0 aliphatic carbocycles. The summed E-state index contributed by atoms with van der Waals surface area (Å²) < 4.78 is 0. The minimum Gasteiger partial charge on any atom is -0.362 e. The van der Waals surface area contributed by atoms with Gasteiger partial charge in [-0.25, -0.2) is 0 Å². The summed E-state index contributed by atoms with van der Waals surface area (Å²) in [5.74, 6) is -0.0289. The number of hydrogen-bond donors (Lipinski definition) is 1. The molecule has 0 atom stereocenters. The number of rotatable bonds is 4. The van der Waals surface area contributed by atoms with E-state index in [2.05, 4.69) is 22.3 Å². The third-order valence-corrected chi connectivity index (χ3v) is 3.89. The number of benzene rings is 2. The zero-order valence-electron chi connectivity index (χ0n) is 12.5. The van der Waals surface area contributed by atoms with Crippen LogP contribution in [-0.4, -0.2) is 24.8 Å². The lowest BCUT2D eigenvalue weighted by Crippen LogP contribution is -2.31. The van der Waals surface area contributed by atoms with Crippen LogP contribution in [0.4, 0.5) is 11.4 Å². The number of Topliss-reactive ketones (excluding diaryl/α,β-unsaturated/α-hetero) is 1. The Kier molecular flexibility index (Phi) is 3.92. The molecular weight excluding hydrogens is 276 g/mol. The number of anilines is 2. The molecule has 0 radical (unpaired) electrons. The van der Waals surface area contributed by atoms with Gasteiger partial charge >= 0.3 is 0 Å². The molecule has 1 aliphatic rings. The van der Waals surface area contributed by atoms with Gasteiger partial charge in [0.2, 0.25) is 5.91 Å². The minimum atomic E-state index is -0.0488. The van der Waals surface area contributed by atoms with Crippen molar-refractivity contribution in [3.63, 3.8) is 0 Å². The van der Waals surface area contributed by atoms with Crippen molar-refractivity contribution < 1.29 is 9.59 Å². The predicted molar refractivity (Wildman–Crippen MR) is 87.4 cm³/mol. The van der Waals surface area contributed by atoms with E-state index < -0.39 is 0 Å². The Morgan fingerprint density at radius 3 is 2.55 bits per heavy atom. The van der Waals surface area contributed by atoms with Crippen molar-refractivity contribution in [1.29, 1.82) is 0 Å². The SMILES string of the molecule is CC(=O)c1ccc(NC(=O)CN2CCc3ccccc32)cc1. The lowest BCUT2D eigenvalue weighted by molar-refractivity contribution is -0.115. The molecule has 0 saturated heterocycles. The van der Waals surface area contributed by atoms with Crippen LogP contribution in [0.25, 0.3) is 0 Å². The molecule has 2 aromatic rings. The smallest absolute Gasteiger partial charge is 0.243 e. The summed E-state index contributed by atoms with van der Waals surface area (Å²) in [6.07, 6.45) is 0.983. The highest BCUT2D eigenvalue weighted by molar-refractivity contribution is 5.96. The summed E-state index contributed by atoms with van der Waals surface area (Å²) in [6.45, 7) is 2.74. The van der Waals surface area contributed by atoms with Crippen molar-refractivity contribution >= 4 is 23.1 Å². The van der Waals surface area contributed by atoms with Gasteiger partial charge in [0, 0.05) is 23.5 Å². The molecule has 0 spiro atoms. The number of nitrogens with one attached hydrogen (secondary N) is 1. The Hall–Kier alpha value is -2.62. The van der Waals surface area contributed by atoms with Gasteiger partial charge in [-0.1, -0.05) is 18.2 Å². The van der Waals surface area contributed by atoms with Crippen molar-refractivity contribution in [3.8, 4) is 0 Å². The molecule has 1 amide bonds. The molecule has 1 aliphatic heterocycles. The molecule has 4 heteroatoms. The first kappa shape index (κ1) is 14.3. The predicted octanol–water partition coefficient (Wildman–Crippen LogP) is 2.89. The van der Waals surface area contributed by atoms with Gasteiger partial charge in [-0.05, 0) is 49.2 Å². The maximum absolute atomic E-state index is 12.2. The second-order valence-electron chi connectivity index (χ2n) is 5.48. The van der Waals surface area contributed by atoms with Crippen LogP contribution in [0.3, 0.4) is 0 Å². The molecule has 1 N–H and O–H groups in total. The standard InChI is InChI=1S/C18H18N2O2/c1-13(21)14-6-8-16(9-7-14)19-18(22)12-20-11-10-15-4-2-3-5-17(15)20/h2-9H,10-12H2,1H3,(H,19,22). The largest absolute Gasteiger partial charge is 0.362 e. The fraction of sp³-hybridized carbons (Fsp3) is 0.222. The van der Waals surface area contributed by atoms with Crippen molar-refractivity contribution in [2.24, 2.45) is 0 Å². The topological polar surface area (TPSA) is 49.4 Å². The third kappa shape index (κ3) is 3.01. The molecule has 0 fully saturated rings. The van der Waals surface area contributed by atoms with E-state index in [0.717, 1.165) is 18.7 Å². The first-order valence-electron chi connectivity index (χ1n) is 7.37. The number of carbonyl (C=O) groups is 2. The summed E-state index contributed by atoms with van der Waals surface area (Å²) in [6, 6.07) is 15.1. The number of ketones is 1. The molecular formula is C18H18N2O2. The van der Waals surface area contributed by atoms with Crippen LogP contribution in [-0.2, 0) is 11.2 Å². The van der Waals surface area contributed by atoms with E-state index in [1.165, 1.54) is 12.5 Å². The summed E-state index contributed by atoms with van der Waals surface area (Å²) in [5.41, 5.74) is 3.79. The van der Waals surface area contributed by atoms with Gasteiger partial charge in [-0.3, -0.25) is 9.59 Å². The van der Waals surface area contributed by atoms with Crippen LogP contribution < -0.4 is 10.2 Å². The Morgan fingerprint density at radius 2 is 1.82 bits per heavy atom. The fourth-order valence-electron chi connectivity index (χ4n) is 2.73. The highest BCUT2D eigenvalue weighted by Gasteiger charge is 2.20. The summed E-state index contributed by atoms with van der Waals surface area (Å²) >= 11 is 0. The molecule has 0 aromatic heterocycles. The van der Waals surface area contributed by atoms with Gasteiger partial charge in [0.25, 0.3) is 0 Å². The van der Waals surface area contributed by atoms with Gasteiger partial charge in [0.1, 0.15) is 0 Å². The number of fused-ring (bicyclic) bond motifs is 1. The van der Waals surface area contributed by atoms with E-state index in [1.54, 1.807) is 24.3 Å². The molecule has 1 heterocycles. The van der Waals surface area contributed by atoms with Gasteiger partial charge in [-0.15, -0.1) is 0 Å². The van der Waals surface area contributed by atoms with Crippen LogP contribution in [0.1, 0.15) is 22.8 Å². The van der Waals surface area contributed by atoms with Gasteiger partial charge in [0.15, 0.2) is 5.78 Å². The van der Waals surface area contributed by atoms with Gasteiger partial charge < -0.3 is 10.2 Å². The molecule has 0 saturated carbocycles. The minimum absolute atomic E-state index is 0.0200. The van der Waals surface area contributed by atoms with Crippen LogP contribution in [0.5, 0.6) is 0 Å². The van der Waals surface area contributed by atoms with E-state index in [4.69, 9.17) is 0 Å². The Bertz CT molecular complexity index is 707. The average Bonchev–Trinajstić information content (AvgIpc) is 2.91. The maximum Gasteiger partial charge on any atom is 0.243 e. The second-order valence-corrected chi connectivity index (χ2v) is 5.48. The first-order chi connectivity index (χ1) is 10.6. The molecule has 4 nitrogen and oxygen atoms in total. The van der Waals surface area contributed by atoms with Crippen LogP contribution in [0.15, 0.2) is 48.5 Å². The number of amides is 1. The second kappa shape index (κ2) is 6.02. The van der Waals surface area contributed by atoms with E-state index in [-0.39, 0.29) is 11.7 Å². The van der Waals surface area contributed by atoms with E-state index in [9.17, 15) is 9.59 Å². The first-order valence-corrected chi connectivity index (χ1v) is 7.37. The average molecular weight is 294 g/mol. The monoisotopic (exact) mass is 294 g/mol. The molecule has 0 unspecified atom stereocenters. The van der Waals surface area contributed by atoms with E-state index in [1.807, 2.05) is 12.1 Å². The number of carbonyl (C=O) groups excluding carboxylic acids is 2. The lowest BCUT2D eigenvalue weighted by atomic mass is 10.1. The van der Waals surface area contributed by atoms with E-state index >= 15 is 0 Å². The zero-order valence-corrected chi connectivity index (χ0v) is 12.5. The summed E-state index contributed by atoms with van der Waals surface area (Å²) in [7, 11) is 0. The summed E-state index contributed by atoms with van der Waals surface area (Å²) in [4.78, 5) is 25.5. The van der Waals surface area contributed by atoms with Crippen LogP contribution >= 0.6 is 0 Å².